The molecule has 1 atom stereocenters. The Morgan fingerprint density at radius 1 is 1.00 bits per heavy atom. The third kappa shape index (κ3) is 4.60. The van der Waals surface area contributed by atoms with E-state index < -0.39 is 0 Å². The van der Waals surface area contributed by atoms with Crippen LogP contribution in [0.4, 0.5) is 0 Å². The van der Waals surface area contributed by atoms with E-state index in [0.717, 1.165) is 16.7 Å². The summed E-state index contributed by atoms with van der Waals surface area (Å²) >= 11 is 0. The van der Waals surface area contributed by atoms with E-state index in [2.05, 4.69) is 78.1 Å². The Morgan fingerprint density at radius 2 is 1.43 bits per heavy atom. The molecule has 21 heavy (non-hydrogen) atoms. The molecule has 2 N–H and O–H groups in total. The van der Waals surface area contributed by atoms with Gasteiger partial charge >= 0.3 is 0 Å². The molecule has 0 aromatic heterocycles. The van der Waals surface area contributed by atoms with Crippen LogP contribution in [0.5, 0.6) is 5.75 Å². The zero-order valence-electron chi connectivity index (χ0n) is 14.8. The summed E-state index contributed by atoms with van der Waals surface area (Å²) in [7, 11) is 1.95. The van der Waals surface area contributed by atoms with E-state index in [4.69, 9.17) is 0 Å². The van der Waals surface area contributed by atoms with Crippen molar-refractivity contribution in [2.24, 2.45) is 0 Å². The van der Waals surface area contributed by atoms with E-state index >= 15 is 0 Å². The molecule has 0 bridgehead atoms. The fourth-order valence-electron chi connectivity index (χ4n) is 2.25. The van der Waals surface area contributed by atoms with Gasteiger partial charge in [-0.2, -0.15) is 0 Å². The van der Waals surface area contributed by atoms with Gasteiger partial charge in [0.15, 0.2) is 0 Å². The summed E-state index contributed by atoms with van der Waals surface area (Å²) < 4.78 is 0. The molecule has 0 saturated heterocycles. The average molecular weight is 289 g/mol. The Kier molecular flexibility index (Phi) is 5.27. The van der Waals surface area contributed by atoms with E-state index in [0.29, 0.717) is 11.8 Å². The number of likely N-dealkylation sites (N-methyl/N-ethyl adjacent to an activating group) is 1. The number of aromatic hydroxyl groups is 1. The molecular formula is C19H31NO. The van der Waals surface area contributed by atoms with Gasteiger partial charge < -0.3 is 10.4 Å². The number of nitrogens with one attached hydrogen (secondary N) is 1. The van der Waals surface area contributed by atoms with Crippen molar-refractivity contribution in [1.29, 1.82) is 0 Å². The Labute approximate surface area is 130 Å². The highest BCUT2D eigenvalue weighted by atomic mass is 16.3. The van der Waals surface area contributed by atoms with E-state index in [9.17, 15) is 5.11 Å². The summed E-state index contributed by atoms with van der Waals surface area (Å²) in [5, 5.41) is 13.9. The summed E-state index contributed by atoms with van der Waals surface area (Å²) in [6, 6.07) is 4.53. The molecule has 2 heteroatoms. The SMILES string of the molecule is CNC(C)/C=C/c1cc(C(C)(C)C)c(O)c(C(C)(C)C)c1. The quantitative estimate of drug-likeness (QED) is 0.851. The van der Waals surface area contributed by atoms with Gasteiger partial charge in [0.05, 0.1) is 0 Å². The largest absolute Gasteiger partial charge is 0.507 e. The zero-order chi connectivity index (χ0) is 16.4. The third-order valence-corrected chi connectivity index (χ3v) is 3.78. The molecule has 0 heterocycles. The van der Waals surface area contributed by atoms with E-state index in [1.54, 1.807) is 0 Å². The fourth-order valence-corrected chi connectivity index (χ4v) is 2.25. The molecule has 1 aromatic carbocycles. The first-order valence-corrected chi connectivity index (χ1v) is 7.70. The Hall–Kier alpha value is -1.28. The van der Waals surface area contributed by atoms with Crippen molar-refractivity contribution in [1.82, 2.24) is 5.32 Å². The summed E-state index contributed by atoms with van der Waals surface area (Å²) in [5.41, 5.74) is 2.99. The van der Waals surface area contributed by atoms with Crippen LogP contribution in [0, 0.1) is 0 Å². The lowest BCUT2D eigenvalue weighted by Gasteiger charge is -2.28. The summed E-state index contributed by atoms with van der Waals surface area (Å²) in [6.07, 6.45) is 4.27. The Balaban J connectivity index is 3.44. The minimum absolute atomic E-state index is 0.0808. The van der Waals surface area contributed by atoms with Gasteiger partial charge in [0.25, 0.3) is 0 Å². The lowest BCUT2D eigenvalue weighted by Crippen LogP contribution is -2.18. The van der Waals surface area contributed by atoms with Crippen molar-refractivity contribution < 1.29 is 5.11 Å². The second kappa shape index (κ2) is 6.23. The highest BCUT2D eigenvalue weighted by molar-refractivity contribution is 5.59. The molecule has 0 fully saturated rings. The number of benzene rings is 1. The van der Waals surface area contributed by atoms with Crippen LogP contribution < -0.4 is 5.32 Å². The molecule has 0 aliphatic heterocycles. The zero-order valence-corrected chi connectivity index (χ0v) is 14.8. The molecule has 0 radical (unpaired) electrons. The molecule has 0 amide bonds. The molecule has 0 spiro atoms. The summed E-state index contributed by atoms with van der Waals surface area (Å²) in [6.45, 7) is 14.9. The van der Waals surface area contributed by atoms with Crippen LogP contribution >= 0.6 is 0 Å². The molecule has 1 unspecified atom stereocenters. The topological polar surface area (TPSA) is 32.3 Å². The monoisotopic (exact) mass is 289 g/mol. The van der Waals surface area contributed by atoms with Crippen molar-refractivity contribution in [3.63, 3.8) is 0 Å². The van der Waals surface area contributed by atoms with Crippen LogP contribution in [0.15, 0.2) is 18.2 Å². The van der Waals surface area contributed by atoms with Crippen LogP contribution in [-0.2, 0) is 10.8 Å². The first-order valence-electron chi connectivity index (χ1n) is 7.70. The van der Waals surface area contributed by atoms with Gasteiger partial charge in [0.1, 0.15) is 5.75 Å². The molecule has 2 nitrogen and oxygen atoms in total. The lowest BCUT2D eigenvalue weighted by molar-refractivity contribution is 0.423. The van der Waals surface area contributed by atoms with Crippen molar-refractivity contribution in [2.45, 2.75) is 65.3 Å². The number of phenols is 1. The van der Waals surface area contributed by atoms with Gasteiger partial charge in [-0.1, -0.05) is 53.7 Å². The maximum absolute atomic E-state index is 10.7. The number of hydrogen-bond acceptors (Lipinski definition) is 2. The first kappa shape index (κ1) is 17.8. The van der Waals surface area contributed by atoms with Crippen LogP contribution in [0.1, 0.15) is 65.2 Å². The summed E-state index contributed by atoms with van der Waals surface area (Å²) in [4.78, 5) is 0. The number of rotatable bonds is 3. The number of hydrogen-bond donors (Lipinski definition) is 2. The standard InChI is InChI=1S/C19H31NO/c1-13(20-8)9-10-14-11-15(18(2,3)4)17(21)16(12-14)19(5,6)7/h9-13,20-21H,1-8H3/b10-9+. The summed E-state index contributed by atoms with van der Waals surface area (Å²) in [5.74, 6) is 0.439. The highest BCUT2D eigenvalue weighted by Crippen LogP contribution is 2.39. The fraction of sp³-hybridized carbons (Fsp3) is 0.579. The molecule has 0 aliphatic rings. The maximum atomic E-state index is 10.7. The Bertz CT molecular complexity index is 480. The van der Waals surface area contributed by atoms with Crippen LogP contribution in [0.2, 0.25) is 0 Å². The maximum Gasteiger partial charge on any atom is 0.123 e. The molecule has 0 saturated carbocycles. The molecule has 1 aromatic rings. The molecule has 0 aliphatic carbocycles. The third-order valence-electron chi connectivity index (χ3n) is 3.78. The lowest BCUT2D eigenvalue weighted by atomic mass is 9.78. The van der Waals surface area contributed by atoms with E-state index in [1.807, 2.05) is 7.05 Å². The molecule has 1 rings (SSSR count). The smallest absolute Gasteiger partial charge is 0.123 e. The van der Waals surface area contributed by atoms with Crippen molar-refractivity contribution in [2.75, 3.05) is 7.05 Å². The van der Waals surface area contributed by atoms with Crippen molar-refractivity contribution >= 4 is 6.08 Å². The van der Waals surface area contributed by atoms with Gasteiger partial charge in [0.2, 0.25) is 0 Å². The van der Waals surface area contributed by atoms with Gasteiger partial charge in [0, 0.05) is 17.2 Å². The number of phenolic OH excluding ortho intramolecular Hbond substituents is 1. The molecular weight excluding hydrogens is 258 g/mol. The average Bonchev–Trinajstić information content (AvgIpc) is 2.34. The van der Waals surface area contributed by atoms with E-state index in [-0.39, 0.29) is 10.8 Å². The van der Waals surface area contributed by atoms with Crippen LogP contribution in [-0.4, -0.2) is 18.2 Å². The normalized spacial score (nSPS) is 14.7. The van der Waals surface area contributed by atoms with Gasteiger partial charge in [-0.25, -0.2) is 0 Å². The Morgan fingerprint density at radius 3 is 1.76 bits per heavy atom. The highest BCUT2D eigenvalue weighted by Gasteiger charge is 2.26. The van der Waals surface area contributed by atoms with Crippen LogP contribution in [0.25, 0.3) is 6.08 Å². The minimum atomic E-state index is -0.0808. The van der Waals surface area contributed by atoms with Gasteiger partial charge in [-0.3, -0.25) is 0 Å². The van der Waals surface area contributed by atoms with Crippen molar-refractivity contribution in [3.05, 3.63) is 34.9 Å². The second-order valence-corrected chi connectivity index (χ2v) is 7.90. The van der Waals surface area contributed by atoms with Crippen LogP contribution in [0.3, 0.4) is 0 Å². The predicted molar refractivity (Wildman–Crippen MR) is 93.1 cm³/mol. The predicted octanol–water partition coefficient (Wildman–Crippen LogP) is 4.61. The minimum Gasteiger partial charge on any atom is -0.507 e. The second-order valence-electron chi connectivity index (χ2n) is 7.90. The van der Waals surface area contributed by atoms with E-state index in [1.165, 1.54) is 0 Å². The first-order chi connectivity index (χ1) is 9.46. The van der Waals surface area contributed by atoms with Crippen molar-refractivity contribution in [3.8, 4) is 5.75 Å². The van der Waals surface area contributed by atoms with Gasteiger partial charge in [-0.05, 0) is 42.5 Å². The molecule has 118 valence electrons. The van der Waals surface area contributed by atoms with Gasteiger partial charge in [-0.15, -0.1) is 0 Å².